The fraction of sp³-hybridized carbons (Fsp3) is 0.250. The number of nitrogens with zero attached hydrogens (tertiary/aromatic N) is 4. The van der Waals surface area contributed by atoms with E-state index in [0.717, 1.165) is 12.1 Å². The van der Waals surface area contributed by atoms with Gasteiger partial charge >= 0.3 is 0 Å². The van der Waals surface area contributed by atoms with Crippen molar-refractivity contribution >= 4 is 5.91 Å². The van der Waals surface area contributed by atoms with Crippen molar-refractivity contribution in [2.24, 2.45) is 0 Å². The van der Waals surface area contributed by atoms with E-state index in [0.29, 0.717) is 25.5 Å². The maximum Gasteiger partial charge on any atom is 0.258 e. The number of hydrogen-bond donors (Lipinski definition) is 1. The van der Waals surface area contributed by atoms with Gasteiger partial charge in [-0.05, 0) is 12.1 Å². The minimum atomic E-state index is -0.576. The van der Waals surface area contributed by atoms with Gasteiger partial charge in [-0.25, -0.2) is 4.39 Å². The van der Waals surface area contributed by atoms with E-state index in [2.05, 4.69) is 10.2 Å². The summed E-state index contributed by atoms with van der Waals surface area (Å²) in [6, 6.07) is 3.37. The van der Waals surface area contributed by atoms with Crippen LogP contribution in [0.5, 0.6) is 5.75 Å². The Morgan fingerprint density at radius 2 is 2.21 bits per heavy atom. The molecule has 0 saturated heterocycles. The first-order chi connectivity index (χ1) is 9.15. The number of phenols is 1. The van der Waals surface area contributed by atoms with Gasteiger partial charge in [0, 0.05) is 19.2 Å². The minimum absolute atomic E-state index is 0.0920. The third-order valence-electron chi connectivity index (χ3n) is 3.12. The van der Waals surface area contributed by atoms with E-state index >= 15 is 0 Å². The normalized spacial score (nSPS) is 14.3. The summed E-state index contributed by atoms with van der Waals surface area (Å²) in [5, 5.41) is 17.3. The zero-order valence-corrected chi connectivity index (χ0v) is 9.95. The number of amides is 1. The van der Waals surface area contributed by atoms with Gasteiger partial charge in [0.2, 0.25) is 0 Å². The molecule has 0 radical (unpaired) electrons. The number of fused-ring (bicyclic) bond motifs is 1. The predicted molar refractivity (Wildman–Crippen MR) is 62.8 cm³/mol. The highest BCUT2D eigenvalue weighted by Gasteiger charge is 2.24. The fourth-order valence-corrected chi connectivity index (χ4v) is 2.10. The molecule has 1 aromatic heterocycles. The van der Waals surface area contributed by atoms with Crippen molar-refractivity contribution in [3.8, 4) is 5.75 Å². The van der Waals surface area contributed by atoms with Gasteiger partial charge in [0.25, 0.3) is 5.91 Å². The van der Waals surface area contributed by atoms with Gasteiger partial charge in [0.1, 0.15) is 17.9 Å². The molecule has 3 rings (SSSR count). The van der Waals surface area contributed by atoms with Gasteiger partial charge in [-0.1, -0.05) is 0 Å². The predicted octanol–water partition coefficient (Wildman–Crippen LogP) is 0.779. The number of benzene rings is 1. The van der Waals surface area contributed by atoms with E-state index in [-0.39, 0.29) is 17.2 Å². The Bertz CT molecular complexity index is 640. The molecule has 1 amide bonds. The summed E-state index contributed by atoms with van der Waals surface area (Å²) in [5.41, 5.74) is 0.0920. The average molecular weight is 262 g/mol. The number of aromatic hydroxyl groups is 1. The quantitative estimate of drug-likeness (QED) is 0.824. The average Bonchev–Trinajstić information content (AvgIpc) is 2.85. The highest BCUT2D eigenvalue weighted by atomic mass is 19.1. The third kappa shape index (κ3) is 2.03. The van der Waals surface area contributed by atoms with Gasteiger partial charge < -0.3 is 14.6 Å². The summed E-state index contributed by atoms with van der Waals surface area (Å²) in [4.78, 5) is 13.8. The van der Waals surface area contributed by atoms with Crippen molar-refractivity contribution in [3.05, 3.63) is 41.7 Å². The van der Waals surface area contributed by atoms with Gasteiger partial charge in [0.15, 0.2) is 5.82 Å². The molecular weight excluding hydrogens is 251 g/mol. The van der Waals surface area contributed by atoms with E-state index in [1.807, 2.05) is 4.57 Å². The molecular formula is C12H11FN4O2. The lowest BCUT2D eigenvalue weighted by atomic mass is 10.1. The zero-order valence-electron chi connectivity index (χ0n) is 9.95. The first-order valence-corrected chi connectivity index (χ1v) is 5.79. The molecule has 2 heterocycles. The lowest BCUT2D eigenvalue weighted by molar-refractivity contribution is 0.0704. The van der Waals surface area contributed by atoms with Gasteiger partial charge in [-0.3, -0.25) is 4.79 Å². The monoisotopic (exact) mass is 262 g/mol. The molecule has 0 saturated carbocycles. The van der Waals surface area contributed by atoms with Crippen molar-refractivity contribution in [2.75, 3.05) is 6.54 Å². The molecule has 7 heteroatoms. The summed E-state index contributed by atoms with van der Waals surface area (Å²) in [6.45, 7) is 1.44. The molecule has 0 spiro atoms. The second-order valence-electron chi connectivity index (χ2n) is 4.33. The summed E-state index contributed by atoms with van der Waals surface area (Å²) in [7, 11) is 0. The highest BCUT2D eigenvalue weighted by molar-refractivity contribution is 5.96. The first-order valence-electron chi connectivity index (χ1n) is 5.79. The Balaban J connectivity index is 1.85. The SMILES string of the molecule is O=C(c1ccc(F)cc1O)N1CCn2cnnc2C1. The minimum Gasteiger partial charge on any atom is -0.507 e. The van der Waals surface area contributed by atoms with Crippen LogP contribution in [-0.4, -0.2) is 37.2 Å². The maximum atomic E-state index is 12.9. The third-order valence-corrected chi connectivity index (χ3v) is 3.12. The first kappa shape index (κ1) is 11.6. The number of carbonyl (C=O) groups is 1. The number of phenolic OH excluding ortho intramolecular Hbond substituents is 1. The van der Waals surface area contributed by atoms with Crippen LogP contribution in [0.25, 0.3) is 0 Å². The molecule has 19 heavy (non-hydrogen) atoms. The van der Waals surface area contributed by atoms with E-state index in [9.17, 15) is 14.3 Å². The lowest BCUT2D eigenvalue weighted by Gasteiger charge is -2.27. The standard InChI is InChI=1S/C12H11FN4O2/c13-8-1-2-9(10(18)5-8)12(19)16-3-4-17-7-14-15-11(17)6-16/h1-2,5,7,18H,3-4,6H2. The molecule has 1 aliphatic rings. The molecule has 0 fully saturated rings. The molecule has 0 bridgehead atoms. The van der Waals surface area contributed by atoms with Crippen LogP contribution in [0.2, 0.25) is 0 Å². The van der Waals surface area contributed by atoms with Crippen molar-refractivity contribution in [1.29, 1.82) is 0 Å². The summed E-state index contributed by atoms with van der Waals surface area (Å²) in [6.07, 6.45) is 1.62. The number of halogens is 1. The van der Waals surface area contributed by atoms with Crippen LogP contribution in [-0.2, 0) is 13.1 Å². The largest absolute Gasteiger partial charge is 0.507 e. The van der Waals surface area contributed by atoms with Crippen LogP contribution in [0.3, 0.4) is 0 Å². The van der Waals surface area contributed by atoms with Crippen molar-refractivity contribution < 1.29 is 14.3 Å². The summed E-state index contributed by atoms with van der Waals surface area (Å²) >= 11 is 0. The van der Waals surface area contributed by atoms with Crippen molar-refractivity contribution in [3.63, 3.8) is 0 Å². The topological polar surface area (TPSA) is 71.2 Å². The summed E-state index contributed by atoms with van der Waals surface area (Å²) in [5.74, 6) is -0.572. The molecule has 1 aliphatic heterocycles. The van der Waals surface area contributed by atoms with E-state index in [1.54, 1.807) is 11.2 Å². The van der Waals surface area contributed by atoms with Crippen LogP contribution in [0, 0.1) is 5.82 Å². The molecule has 0 unspecified atom stereocenters. The van der Waals surface area contributed by atoms with Crippen LogP contribution >= 0.6 is 0 Å². The Labute approximate surface area is 108 Å². The second-order valence-corrected chi connectivity index (χ2v) is 4.33. The van der Waals surface area contributed by atoms with Gasteiger partial charge in [0.05, 0.1) is 12.1 Å². The summed E-state index contributed by atoms with van der Waals surface area (Å²) < 4.78 is 14.8. The van der Waals surface area contributed by atoms with Gasteiger partial charge in [-0.2, -0.15) is 0 Å². The van der Waals surface area contributed by atoms with Crippen molar-refractivity contribution in [1.82, 2.24) is 19.7 Å². The van der Waals surface area contributed by atoms with E-state index in [4.69, 9.17) is 0 Å². The molecule has 0 aliphatic carbocycles. The fourth-order valence-electron chi connectivity index (χ4n) is 2.10. The highest BCUT2D eigenvalue weighted by Crippen LogP contribution is 2.21. The zero-order chi connectivity index (χ0) is 13.4. The lowest BCUT2D eigenvalue weighted by Crippen LogP contribution is -2.38. The Morgan fingerprint density at radius 3 is 3.00 bits per heavy atom. The van der Waals surface area contributed by atoms with Crippen molar-refractivity contribution in [2.45, 2.75) is 13.1 Å². The number of hydrogen-bond acceptors (Lipinski definition) is 4. The van der Waals surface area contributed by atoms with Crippen LogP contribution < -0.4 is 0 Å². The smallest absolute Gasteiger partial charge is 0.258 e. The Morgan fingerprint density at radius 1 is 1.37 bits per heavy atom. The maximum absolute atomic E-state index is 12.9. The number of aromatic nitrogens is 3. The van der Waals surface area contributed by atoms with E-state index in [1.165, 1.54) is 6.07 Å². The second kappa shape index (κ2) is 4.34. The van der Waals surface area contributed by atoms with Crippen LogP contribution in [0.15, 0.2) is 24.5 Å². The Hall–Kier alpha value is -2.44. The molecule has 1 N–H and O–H groups in total. The van der Waals surface area contributed by atoms with Crippen LogP contribution in [0.4, 0.5) is 4.39 Å². The van der Waals surface area contributed by atoms with E-state index < -0.39 is 5.82 Å². The molecule has 1 aromatic carbocycles. The molecule has 2 aromatic rings. The Kier molecular flexibility index (Phi) is 2.66. The number of carbonyl (C=O) groups excluding carboxylic acids is 1. The molecule has 98 valence electrons. The number of rotatable bonds is 1. The van der Waals surface area contributed by atoms with Gasteiger partial charge in [-0.15, -0.1) is 10.2 Å². The molecule has 0 atom stereocenters. The molecule has 6 nitrogen and oxygen atoms in total. The van der Waals surface area contributed by atoms with Crippen LogP contribution in [0.1, 0.15) is 16.2 Å².